The van der Waals surface area contributed by atoms with E-state index in [1.165, 1.54) is 6.07 Å². The van der Waals surface area contributed by atoms with Gasteiger partial charge in [-0.25, -0.2) is 0 Å². The van der Waals surface area contributed by atoms with E-state index in [-0.39, 0.29) is 22.9 Å². The normalized spacial score (nSPS) is 11.5. The number of hydrogen-bond acceptors (Lipinski definition) is 4. The molecule has 0 atom stereocenters. The number of carbonyl (C=O) groups excluding carboxylic acids is 1. The molecule has 1 amide bonds. The van der Waals surface area contributed by atoms with Crippen LogP contribution in [0.4, 0.5) is 18.3 Å². The molecule has 0 fully saturated rings. The summed E-state index contributed by atoms with van der Waals surface area (Å²) >= 11 is 11.9. The van der Waals surface area contributed by atoms with Gasteiger partial charge in [-0.1, -0.05) is 40.6 Å². The van der Waals surface area contributed by atoms with Crippen LogP contribution in [0.1, 0.15) is 10.6 Å². The van der Waals surface area contributed by atoms with Crippen LogP contribution in [-0.2, 0) is 17.4 Å². The third kappa shape index (κ3) is 4.29. The zero-order valence-electron chi connectivity index (χ0n) is 10.0. The highest BCUT2D eigenvalue weighted by Crippen LogP contribution is 2.33. The minimum Gasteiger partial charge on any atom is -0.300 e. The van der Waals surface area contributed by atoms with Crippen molar-refractivity contribution in [3.05, 3.63) is 38.8 Å². The van der Waals surface area contributed by atoms with Crippen LogP contribution in [0.25, 0.3) is 0 Å². The number of aromatic nitrogens is 2. The fraction of sp³-hybridized carbons (Fsp3) is 0.182. The maximum absolute atomic E-state index is 12.3. The Hall–Kier alpha value is -1.38. The van der Waals surface area contributed by atoms with E-state index in [1.807, 2.05) is 0 Å². The Balaban J connectivity index is 2.03. The molecular formula is C11H6Cl2F3N3OS. The van der Waals surface area contributed by atoms with E-state index in [0.29, 0.717) is 15.6 Å². The average Bonchev–Trinajstić information content (AvgIpc) is 2.81. The molecule has 1 aromatic carbocycles. The molecule has 0 bridgehead atoms. The summed E-state index contributed by atoms with van der Waals surface area (Å²) in [6, 6.07) is 4.59. The van der Waals surface area contributed by atoms with E-state index in [1.54, 1.807) is 12.1 Å². The van der Waals surface area contributed by atoms with Crippen molar-refractivity contribution in [2.24, 2.45) is 0 Å². The van der Waals surface area contributed by atoms with Crippen molar-refractivity contribution in [3.8, 4) is 0 Å². The molecule has 21 heavy (non-hydrogen) atoms. The van der Waals surface area contributed by atoms with Gasteiger partial charge in [-0.3, -0.25) is 4.79 Å². The Morgan fingerprint density at radius 3 is 2.57 bits per heavy atom. The Morgan fingerprint density at radius 2 is 2.00 bits per heavy atom. The molecule has 0 saturated carbocycles. The van der Waals surface area contributed by atoms with E-state index in [9.17, 15) is 18.0 Å². The van der Waals surface area contributed by atoms with Gasteiger partial charge in [-0.2, -0.15) is 13.2 Å². The van der Waals surface area contributed by atoms with E-state index < -0.39 is 17.1 Å². The second-order valence-electron chi connectivity index (χ2n) is 3.87. The third-order valence-corrected chi connectivity index (χ3v) is 3.75. The van der Waals surface area contributed by atoms with Gasteiger partial charge < -0.3 is 5.32 Å². The van der Waals surface area contributed by atoms with E-state index >= 15 is 0 Å². The van der Waals surface area contributed by atoms with Gasteiger partial charge in [0.15, 0.2) is 0 Å². The molecule has 1 heterocycles. The second-order valence-corrected chi connectivity index (χ2v) is 5.69. The van der Waals surface area contributed by atoms with Crippen LogP contribution < -0.4 is 5.32 Å². The van der Waals surface area contributed by atoms with Crippen molar-refractivity contribution >= 4 is 45.6 Å². The number of nitrogens with zero attached hydrogens (tertiary/aromatic N) is 2. The molecule has 1 N–H and O–H groups in total. The van der Waals surface area contributed by atoms with E-state index in [0.717, 1.165) is 0 Å². The fourth-order valence-electron chi connectivity index (χ4n) is 1.39. The fourth-order valence-corrected chi connectivity index (χ4v) is 2.49. The zero-order chi connectivity index (χ0) is 15.6. The molecule has 0 aliphatic rings. The van der Waals surface area contributed by atoms with Gasteiger partial charge in [0.25, 0.3) is 0 Å². The standard InChI is InChI=1S/C11H6Cl2F3N3OS/c12-6-2-1-5(7(13)4-6)3-8(20)17-10-19-18-9(21-10)11(14,15)16/h1-2,4H,3H2,(H,17,19,20). The molecule has 0 spiro atoms. The molecular weight excluding hydrogens is 350 g/mol. The topological polar surface area (TPSA) is 54.9 Å². The van der Waals surface area contributed by atoms with Crippen molar-refractivity contribution in [2.45, 2.75) is 12.6 Å². The Bertz CT molecular complexity index is 675. The number of carbonyl (C=O) groups is 1. The first kappa shape index (κ1) is 16.0. The minimum atomic E-state index is -4.58. The van der Waals surface area contributed by atoms with Gasteiger partial charge in [0, 0.05) is 10.0 Å². The monoisotopic (exact) mass is 355 g/mol. The Kier molecular flexibility index (Phi) is 4.70. The molecule has 0 aliphatic heterocycles. The first-order chi connectivity index (χ1) is 9.75. The van der Waals surface area contributed by atoms with Crippen LogP contribution in [0.3, 0.4) is 0 Å². The number of nitrogens with one attached hydrogen (secondary N) is 1. The van der Waals surface area contributed by atoms with Crippen molar-refractivity contribution in [2.75, 3.05) is 5.32 Å². The summed E-state index contributed by atoms with van der Waals surface area (Å²) in [6.07, 6.45) is -4.70. The number of amides is 1. The number of anilines is 1. The average molecular weight is 356 g/mol. The van der Waals surface area contributed by atoms with Gasteiger partial charge >= 0.3 is 6.18 Å². The van der Waals surface area contributed by atoms with Crippen molar-refractivity contribution < 1.29 is 18.0 Å². The molecule has 2 aromatic rings. The van der Waals surface area contributed by atoms with Gasteiger partial charge in [0.2, 0.25) is 16.0 Å². The largest absolute Gasteiger partial charge is 0.445 e. The lowest BCUT2D eigenvalue weighted by Crippen LogP contribution is -2.14. The van der Waals surface area contributed by atoms with Gasteiger partial charge in [-0.05, 0) is 17.7 Å². The molecule has 0 unspecified atom stereocenters. The molecule has 0 saturated heterocycles. The molecule has 10 heteroatoms. The summed E-state index contributed by atoms with van der Waals surface area (Å²) in [7, 11) is 0. The van der Waals surface area contributed by atoms with E-state index in [4.69, 9.17) is 23.2 Å². The molecule has 4 nitrogen and oxygen atoms in total. The highest BCUT2D eigenvalue weighted by Gasteiger charge is 2.35. The van der Waals surface area contributed by atoms with Gasteiger partial charge in [-0.15, -0.1) is 10.2 Å². The van der Waals surface area contributed by atoms with Crippen molar-refractivity contribution in [3.63, 3.8) is 0 Å². The lowest BCUT2D eigenvalue weighted by Gasteiger charge is -2.04. The number of benzene rings is 1. The van der Waals surface area contributed by atoms with Gasteiger partial charge in [0.1, 0.15) is 0 Å². The molecule has 2 rings (SSSR count). The summed E-state index contributed by atoms with van der Waals surface area (Å²) in [5.74, 6) is -0.552. The maximum Gasteiger partial charge on any atom is 0.445 e. The molecule has 0 radical (unpaired) electrons. The van der Waals surface area contributed by atoms with E-state index in [2.05, 4.69) is 15.5 Å². The summed E-state index contributed by atoms with van der Waals surface area (Å²) < 4.78 is 37.0. The smallest absolute Gasteiger partial charge is 0.300 e. The predicted octanol–water partition coefficient (Wildman–Crippen LogP) is 4.04. The van der Waals surface area contributed by atoms with Crippen LogP contribution in [0.2, 0.25) is 10.0 Å². The predicted molar refractivity (Wildman–Crippen MR) is 73.7 cm³/mol. The van der Waals surface area contributed by atoms with Crippen molar-refractivity contribution in [1.82, 2.24) is 10.2 Å². The molecule has 112 valence electrons. The van der Waals surface area contributed by atoms with Crippen LogP contribution in [0.5, 0.6) is 0 Å². The van der Waals surface area contributed by atoms with Gasteiger partial charge in [0.05, 0.1) is 6.42 Å². The lowest BCUT2D eigenvalue weighted by molar-refractivity contribution is -0.138. The SMILES string of the molecule is O=C(Cc1ccc(Cl)cc1Cl)Nc1nnc(C(F)(F)F)s1. The second kappa shape index (κ2) is 6.17. The first-order valence-electron chi connectivity index (χ1n) is 5.40. The summed E-state index contributed by atoms with van der Waals surface area (Å²) in [5, 5.41) is 7.83. The third-order valence-electron chi connectivity index (χ3n) is 2.28. The first-order valence-corrected chi connectivity index (χ1v) is 6.97. The van der Waals surface area contributed by atoms with Crippen LogP contribution in [-0.4, -0.2) is 16.1 Å². The number of rotatable bonds is 3. The van der Waals surface area contributed by atoms with Crippen LogP contribution >= 0.6 is 34.5 Å². The Morgan fingerprint density at radius 1 is 1.29 bits per heavy atom. The highest BCUT2D eigenvalue weighted by molar-refractivity contribution is 7.15. The summed E-state index contributed by atoms with van der Waals surface area (Å²) in [4.78, 5) is 11.7. The molecule has 1 aromatic heterocycles. The zero-order valence-corrected chi connectivity index (χ0v) is 12.4. The highest BCUT2D eigenvalue weighted by atomic mass is 35.5. The van der Waals surface area contributed by atoms with Crippen LogP contribution in [0.15, 0.2) is 18.2 Å². The van der Waals surface area contributed by atoms with Crippen molar-refractivity contribution in [1.29, 1.82) is 0 Å². The summed E-state index contributed by atoms with van der Waals surface area (Å²) in [5.41, 5.74) is 0.499. The Labute approximate surface area is 130 Å². The quantitative estimate of drug-likeness (QED) is 0.903. The number of alkyl halides is 3. The number of halogens is 5. The number of hydrogen-bond donors (Lipinski definition) is 1. The lowest BCUT2D eigenvalue weighted by atomic mass is 10.1. The van der Waals surface area contributed by atoms with Crippen LogP contribution in [0, 0.1) is 0 Å². The summed E-state index contributed by atoms with van der Waals surface area (Å²) in [6.45, 7) is 0. The minimum absolute atomic E-state index is 0.114. The maximum atomic E-state index is 12.3. The molecule has 0 aliphatic carbocycles.